The van der Waals surface area contributed by atoms with Crippen LogP contribution in [-0.2, 0) is 4.74 Å². The molecule has 0 aliphatic carbocycles. The molecule has 1 heterocycles. The predicted octanol–water partition coefficient (Wildman–Crippen LogP) is 0.979. The van der Waals surface area contributed by atoms with E-state index in [9.17, 15) is 0 Å². The molecule has 8 heavy (non-hydrogen) atoms. The molecule has 40 valence electrons. The van der Waals surface area contributed by atoms with E-state index in [0.29, 0.717) is 0 Å². The van der Waals surface area contributed by atoms with Crippen LogP contribution in [0.3, 0.4) is 0 Å². The lowest BCUT2D eigenvalue weighted by Gasteiger charge is -2.04. The fourth-order valence-corrected chi connectivity index (χ4v) is 0.459. The Balaban J connectivity index is 2.55. The topological polar surface area (TPSA) is 33.0 Å². The van der Waals surface area contributed by atoms with Crippen molar-refractivity contribution in [3.63, 3.8) is 0 Å². The molecule has 0 fully saturated rings. The number of allylic oxidation sites excluding steroid dienone is 2. The van der Waals surface area contributed by atoms with Gasteiger partial charge in [-0.3, -0.25) is 0 Å². The van der Waals surface area contributed by atoms with Gasteiger partial charge in [0.2, 0.25) is 6.10 Å². The number of nitriles is 1. The van der Waals surface area contributed by atoms with E-state index in [4.69, 9.17) is 10.00 Å². The molecule has 1 aliphatic heterocycles. The molecule has 1 aliphatic rings. The molecule has 0 bridgehead atoms. The van der Waals surface area contributed by atoms with Crippen molar-refractivity contribution in [3.8, 4) is 6.07 Å². The van der Waals surface area contributed by atoms with Gasteiger partial charge in [-0.2, -0.15) is 5.26 Å². The zero-order valence-electron chi connectivity index (χ0n) is 4.24. The van der Waals surface area contributed by atoms with Crippen molar-refractivity contribution in [2.24, 2.45) is 0 Å². The van der Waals surface area contributed by atoms with Gasteiger partial charge in [0.1, 0.15) is 6.07 Å². The molecule has 0 saturated carbocycles. The molecule has 0 amide bonds. The summed E-state index contributed by atoms with van der Waals surface area (Å²) in [5, 5.41) is 8.23. The van der Waals surface area contributed by atoms with Gasteiger partial charge in [-0.05, 0) is 12.2 Å². The minimum Gasteiger partial charge on any atom is -0.479 e. The summed E-state index contributed by atoms with van der Waals surface area (Å²) in [6, 6.07) is 1.94. The second kappa shape index (κ2) is 2.17. The first-order chi connectivity index (χ1) is 3.93. The van der Waals surface area contributed by atoms with E-state index in [-0.39, 0.29) is 6.10 Å². The van der Waals surface area contributed by atoms with Gasteiger partial charge in [0.15, 0.2) is 0 Å². The van der Waals surface area contributed by atoms with Gasteiger partial charge in [-0.1, -0.05) is 6.08 Å². The molecule has 1 atom stereocenters. The molecular weight excluding hydrogens is 102 g/mol. The van der Waals surface area contributed by atoms with Gasteiger partial charge in [0, 0.05) is 0 Å². The third-order valence-electron chi connectivity index (χ3n) is 0.828. The second-order valence-electron chi connectivity index (χ2n) is 1.40. The molecule has 0 spiro atoms. The van der Waals surface area contributed by atoms with Crippen molar-refractivity contribution in [3.05, 3.63) is 24.5 Å². The third-order valence-corrected chi connectivity index (χ3v) is 0.828. The van der Waals surface area contributed by atoms with Crippen molar-refractivity contribution in [1.29, 1.82) is 5.26 Å². The standard InChI is InChI=1S/C6H5NO/c7-5-6-3-1-2-4-8-6/h1-4,6H. The summed E-state index contributed by atoms with van der Waals surface area (Å²) >= 11 is 0. The van der Waals surface area contributed by atoms with Crippen LogP contribution in [0.1, 0.15) is 0 Å². The van der Waals surface area contributed by atoms with E-state index in [1.165, 1.54) is 6.26 Å². The molecule has 0 aromatic carbocycles. The summed E-state index contributed by atoms with van der Waals surface area (Å²) in [5.41, 5.74) is 0. The lowest BCUT2D eigenvalue weighted by atomic mass is 10.3. The maximum atomic E-state index is 8.23. The van der Waals surface area contributed by atoms with E-state index in [1.807, 2.05) is 6.07 Å². The van der Waals surface area contributed by atoms with Crippen molar-refractivity contribution in [2.45, 2.75) is 6.10 Å². The SMILES string of the molecule is N#CC1C=CC=CO1. The van der Waals surface area contributed by atoms with E-state index in [2.05, 4.69) is 0 Å². The number of ether oxygens (including phenoxy) is 1. The van der Waals surface area contributed by atoms with Gasteiger partial charge in [0.25, 0.3) is 0 Å². The molecule has 1 rings (SSSR count). The summed E-state index contributed by atoms with van der Waals surface area (Å²) in [5.74, 6) is 0. The molecule has 0 N–H and O–H groups in total. The highest BCUT2D eigenvalue weighted by atomic mass is 16.5. The molecule has 0 saturated heterocycles. The van der Waals surface area contributed by atoms with Crippen molar-refractivity contribution < 1.29 is 4.74 Å². The first kappa shape index (κ1) is 4.92. The summed E-state index contributed by atoms with van der Waals surface area (Å²) in [4.78, 5) is 0. The van der Waals surface area contributed by atoms with Crippen LogP contribution in [0, 0.1) is 11.3 Å². The van der Waals surface area contributed by atoms with Crippen LogP contribution in [0.25, 0.3) is 0 Å². The molecular formula is C6H5NO. The second-order valence-corrected chi connectivity index (χ2v) is 1.40. The fraction of sp³-hybridized carbons (Fsp3) is 0.167. The monoisotopic (exact) mass is 107 g/mol. The molecule has 0 aromatic heterocycles. The lowest BCUT2D eigenvalue weighted by Crippen LogP contribution is -2.03. The Bertz CT molecular complexity index is 164. The highest BCUT2D eigenvalue weighted by Crippen LogP contribution is 1.98. The van der Waals surface area contributed by atoms with Crippen LogP contribution in [-0.4, -0.2) is 6.10 Å². The number of rotatable bonds is 0. The van der Waals surface area contributed by atoms with Gasteiger partial charge in [-0.15, -0.1) is 0 Å². The van der Waals surface area contributed by atoms with Crippen molar-refractivity contribution in [1.82, 2.24) is 0 Å². The number of hydrogen-bond donors (Lipinski definition) is 0. The first-order valence-corrected chi connectivity index (χ1v) is 2.32. The van der Waals surface area contributed by atoms with E-state index < -0.39 is 0 Å². The van der Waals surface area contributed by atoms with Crippen LogP contribution >= 0.6 is 0 Å². The zero-order chi connectivity index (χ0) is 5.82. The fourth-order valence-electron chi connectivity index (χ4n) is 0.459. The predicted molar refractivity (Wildman–Crippen MR) is 28.8 cm³/mol. The molecule has 2 nitrogen and oxygen atoms in total. The minimum absolute atomic E-state index is 0.375. The van der Waals surface area contributed by atoms with Gasteiger partial charge in [0.05, 0.1) is 6.26 Å². The molecule has 2 heteroatoms. The lowest BCUT2D eigenvalue weighted by molar-refractivity contribution is 0.230. The first-order valence-electron chi connectivity index (χ1n) is 2.32. The molecule has 0 radical (unpaired) electrons. The Hall–Kier alpha value is -1.23. The highest BCUT2D eigenvalue weighted by molar-refractivity contribution is 5.13. The van der Waals surface area contributed by atoms with Crippen LogP contribution < -0.4 is 0 Å². The Morgan fingerprint density at radius 2 is 2.38 bits per heavy atom. The Morgan fingerprint density at radius 3 is 2.75 bits per heavy atom. The van der Waals surface area contributed by atoms with Crippen LogP contribution in [0.2, 0.25) is 0 Å². The maximum Gasteiger partial charge on any atom is 0.202 e. The largest absolute Gasteiger partial charge is 0.479 e. The molecule has 0 aromatic rings. The van der Waals surface area contributed by atoms with E-state index in [1.54, 1.807) is 18.2 Å². The molecule has 1 unspecified atom stereocenters. The van der Waals surface area contributed by atoms with Gasteiger partial charge >= 0.3 is 0 Å². The summed E-state index contributed by atoms with van der Waals surface area (Å²) < 4.78 is 4.80. The van der Waals surface area contributed by atoms with Crippen LogP contribution in [0.5, 0.6) is 0 Å². The van der Waals surface area contributed by atoms with Crippen LogP contribution in [0.15, 0.2) is 24.5 Å². The average Bonchev–Trinajstić information content (AvgIpc) is 1.90. The number of hydrogen-bond acceptors (Lipinski definition) is 2. The summed E-state index contributed by atoms with van der Waals surface area (Å²) in [6.45, 7) is 0. The Kier molecular flexibility index (Phi) is 1.34. The Labute approximate surface area is 47.7 Å². The van der Waals surface area contributed by atoms with Crippen molar-refractivity contribution in [2.75, 3.05) is 0 Å². The van der Waals surface area contributed by atoms with E-state index >= 15 is 0 Å². The average molecular weight is 107 g/mol. The third kappa shape index (κ3) is 0.881. The van der Waals surface area contributed by atoms with Gasteiger partial charge < -0.3 is 4.74 Å². The van der Waals surface area contributed by atoms with Gasteiger partial charge in [-0.25, -0.2) is 0 Å². The smallest absolute Gasteiger partial charge is 0.202 e. The van der Waals surface area contributed by atoms with E-state index in [0.717, 1.165) is 0 Å². The minimum atomic E-state index is -0.375. The summed E-state index contributed by atoms with van der Waals surface area (Å²) in [7, 11) is 0. The zero-order valence-corrected chi connectivity index (χ0v) is 4.24. The summed E-state index contributed by atoms with van der Waals surface area (Å²) in [6.07, 6.45) is 6.36. The highest BCUT2D eigenvalue weighted by Gasteiger charge is 1.99. The normalized spacial score (nSPS) is 24.1. The van der Waals surface area contributed by atoms with Crippen molar-refractivity contribution >= 4 is 0 Å². The van der Waals surface area contributed by atoms with Crippen LogP contribution in [0.4, 0.5) is 0 Å². The quantitative estimate of drug-likeness (QED) is 0.462. The number of nitrogens with zero attached hydrogens (tertiary/aromatic N) is 1. The maximum absolute atomic E-state index is 8.23. The Morgan fingerprint density at radius 1 is 1.50 bits per heavy atom.